The van der Waals surface area contributed by atoms with Gasteiger partial charge in [0.15, 0.2) is 0 Å². The molecule has 0 aromatic heterocycles. The molecule has 0 aromatic rings. The molecule has 8 heteroatoms. The van der Waals surface area contributed by atoms with Gasteiger partial charge in [-0.15, -0.1) is 0 Å². The fourth-order valence-electron chi connectivity index (χ4n) is 5.84. The smallest absolute Gasteiger partial charge is 0.0680 e. The van der Waals surface area contributed by atoms with Crippen molar-refractivity contribution in [3.63, 3.8) is 0 Å². The second-order valence-corrected chi connectivity index (χ2v) is 15.5. The van der Waals surface area contributed by atoms with Gasteiger partial charge in [-0.2, -0.15) is 12.6 Å². The van der Waals surface area contributed by atoms with Gasteiger partial charge in [-0.25, -0.2) is 4.71 Å². The van der Waals surface area contributed by atoms with E-state index in [-0.39, 0.29) is 33.7 Å². The fraction of sp³-hybridized carbons (Fsp3) is 1.00. The van der Waals surface area contributed by atoms with E-state index in [0.29, 0.717) is 0 Å². The Labute approximate surface area is 238 Å². The number of nitrogens with zero attached hydrogens (tertiary/aromatic N) is 1. The van der Waals surface area contributed by atoms with Crippen molar-refractivity contribution in [3.05, 3.63) is 0 Å². The van der Waals surface area contributed by atoms with Gasteiger partial charge in [-0.3, -0.25) is 0 Å². The van der Waals surface area contributed by atoms with Gasteiger partial charge in [0.25, 0.3) is 0 Å². The zero-order chi connectivity index (χ0) is 23.1. The molecule has 0 aromatic carbocycles. The molecule has 3 aliphatic carbocycles. The molecule has 2 N–H and O–H groups in total. The molecule has 0 radical (unpaired) electrons. The molecule has 1 atom stereocenters. The van der Waals surface area contributed by atoms with Crippen LogP contribution >= 0.6 is 20.6 Å². The first-order valence-corrected chi connectivity index (χ1v) is 16.6. The van der Waals surface area contributed by atoms with Crippen LogP contribution in [0.3, 0.4) is 0 Å². The van der Waals surface area contributed by atoms with Crippen molar-refractivity contribution >= 4 is 58.4 Å². The summed E-state index contributed by atoms with van der Waals surface area (Å²) in [6.45, 7) is 6.15. The molecule has 0 aliphatic heterocycles. The normalized spacial score (nSPS) is 21.9. The number of thiol groups is 1. The van der Waals surface area contributed by atoms with Crippen LogP contribution in [0.5, 0.6) is 0 Å². The first kappa shape index (κ1) is 34.4. The third kappa shape index (κ3) is 14.9. The third-order valence-electron chi connectivity index (χ3n) is 7.35. The number of nitrogens with two attached hydrogens (primary N) is 1. The van der Waals surface area contributed by atoms with Gasteiger partial charge in [0.1, 0.15) is 0 Å². The Bertz CT molecular complexity index is 367. The van der Waals surface area contributed by atoms with Gasteiger partial charge in [-0.1, -0.05) is 37.8 Å². The average Bonchev–Trinajstić information content (AvgIpc) is 2.77. The van der Waals surface area contributed by atoms with Crippen LogP contribution in [0.25, 0.3) is 0 Å². The van der Waals surface area contributed by atoms with E-state index < -0.39 is 4.71 Å². The van der Waals surface area contributed by atoms with Crippen molar-refractivity contribution in [2.75, 3.05) is 13.1 Å². The van der Waals surface area contributed by atoms with Crippen LogP contribution in [0.2, 0.25) is 0 Å². The second kappa shape index (κ2) is 21.5. The van der Waals surface area contributed by atoms with Crippen LogP contribution in [0.4, 0.5) is 0 Å². The summed E-state index contributed by atoms with van der Waals surface area (Å²) in [5.74, 6) is 0. The summed E-state index contributed by atoms with van der Waals surface area (Å²) in [6, 6.07) is 0. The molecular formula is C24H49N2PPtS4-2. The van der Waals surface area contributed by atoms with Gasteiger partial charge >= 0.3 is 0 Å². The molecular weight excluding hydrogens is 671 g/mol. The minimum Gasteiger partial charge on any atom is -0.800 e. The molecule has 3 fully saturated rings. The Morgan fingerprint density at radius 1 is 0.719 bits per heavy atom. The monoisotopic (exact) mass is 719 g/mol. The quantitative estimate of drug-likeness (QED) is 0.140. The van der Waals surface area contributed by atoms with E-state index in [1.165, 1.54) is 17.0 Å². The van der Waals surface area contributed by atoms with Gasteiger partial charge in [0.2, 0.25) is 0 Å². The predicted octanol–water partition coefficient (Wildman–Crippen LogP) is 6.61. The molecule has 0 saturated heterocycles. The number of rotatable bonds is 6. The number of hydrogen-bond donors (Lipinski definition) is 2. The Hall–Kier alpha value is 2.44. The predicted molar refractivity (Wildman–Crippen MR) is 155 cm³/mol. The van der Waals surface area contributed by atoms with Crippen LogP contribution in [-0.2, 0) is 59.0 Å². The third-order valence-corrected chi connectivity index (χ3v) is 12.5. The summed E-state index contributed by atoms with van der Waals surface area (Å²) in [5.41, 5.74) is 8.42. The van der Waals surface area contributed by atoms with Crippen LogP contribution in [-0.4, -0.2) is 44.4 Å². The Balaban J connectivity index is 0.000000624. The molecule has 0 bridgehead atoms. The Morgan fingerprint density at radius 2 is 0.969 bits per heavy atom. The molecule has 3 saturated carbocycles. The van der Waals surface area contributed by atoms with Gasteiger partial charge in [0, 0.05) is 29.0 Å². The van der Waals surface area contributed by atoms with Crippen molar-refractivity contribution in [3.8, 4) is 0 Å². The van der Waals surface area contributed by atoms with Crippen molar-refractivity contribution in [2.45, 2.75) is 137 Å². The second-order valence-electron chi connectivity index (χ2n) is 9.42. The largest absolute Gasteiger partial charge is 0.800 e. The summed E-state index contributed by atoms with van der Waals surface area (Å²) in [5, 5.41) is 0. The fourth-order valence-corrected chi connectivity index (χ4v) is 11.7. The maximum atomic E-state index is 4.89. The molecule has 0 amide bonds. The molecule has 1 unspecified atom stereocenters. The summed E-state index contributed by atoms with van der Waals surface area (Å²) < 4.78 is -0.509. The van der Waals surface area contributed by atoms with E-state index in [4.69, 9.17) is 18.4 Å². The minimum absolute atomic E-state index is 0. The first-order valence-electron chi connectivity index (χ1n) is 12.9. The van der Waals surface area contributed by atoms with Crippen LogP contribution in [0.1, 0.15) is 110 Å². The maximum absolute atomic E-state index is 4.89. The summed E-state index contributed by atoms with van der Waals surface area (Å²) in [4.78, 5) is 2.10. The van der Waals surface area contributed by atoms with E-state index in [9.17, 15) is 0 Å². The van der Waals surface area contributed by atoms with Crippen molar-refractivity contribution < 1.29 is 21.1 Å². The van der Waals surface area contributed by atoms with E-state index in [2.05, 4.69) is 56.6 Å². The van der Waals surface area contributed by atoms with E-state index in [1.54, 1.807) is 96.3 Å². The van der Waals surface area contributed by atoms with E-state index in [0.717, 1.165) is 13.1 Å². The SMILES string of the molecule is C1CCC([PH+](C2CCCCC2)C2CCCCC2)CC1.CCN(CC)C([S-])S.NC([S-])[S-].[Pt]. The maximum Gasteiger partial charge on any atom is 0.0680 e. The van der Waals surface area contributed by atoms with Crippen LogP contribution in [0, 0.1) is 0 Å². The Kier molecular flexibility index (Phi) is 23.2. The zero-order valence-electron chi connectivity index (χ0n) is 20.4. The average molecular weight is 720 g/mol. The summed E-state index contributed by atoms with van der Waals surface area (Å²) in [7, 11) is -0.0465. The van der Waals surface area contributed by atoms with Crippen LogP contribution in [0.15, 0.2) is 0 Å². The minimum atomic E-state index is -0.500. The van der Waals surface area contributed by atoms with E-state index >= 15 is 0 Å². The van der Waals surface area contributed by atoms with Gasteiger partial charge < -0.3 is 48.5 Å². The molecule has 3 rings (SSSR count). The Morgan fingerprint density at radius 3 is 1.12 bits per heavy atom. The van der Waals surface area contributed by atoms with Crippen molar-refractivity contribution in [2.24, 2.45) is 5.73 Å². The van der Waals surface area contributed by atoms with Gasteiger partial charge in [0.05, 0.1) is 17.0 Å². The van der Waals surface area contributed by atoms with Crippen molar-refractivity contribution in [1.29, 1.82) is 0 Å². The van der Waals surface area contributed by atoms with Crippen LogP contribution < -0.4 is 5.73 Å². The molecule has 0 spiro atoms. The number of hydrogen-bond acceptors (Lipinski definition) is 6. The summed E-state index contributed by atoms with van der Waals surface area (Å²) >= 11 is 17.4. The molecule has 32 heavy (non-hydrogen) atoms. The molecule has 3 aliphatic rings. The topological polar surface area (TPSA) is 29.3 Å². The molecule has 2 nitrogen and oxygen atoms in total. The molecule has 0 heterocycles. The molecule has 196 valence electrons. The zero-order valence-corrected chi connectivity index (χ0v) is 27.0. The van der Waals surface area contributed by atoms with Crippen molar-refractivity contribution in [1.82, 2.24) is 4.90 Å². The van der Waals surface area contributed by atoms with E-state index in [1.807, 2.05) is 0 Å². The summed E-state index contributed by atoms with van der Waals surface area (Å²) in [6.07, 6.45) is 23.8. The standard InChI is InChI=1S/C18H33P.C5H13NS2.CH5NS2.Pt/c1-4-10-16(11-5-1)19(17-12-6-2-7-13-17)18-14-8-3-9-15-18;1-3-6(4-2)5(7)8;2-1(3)4;/h16-18H,1-15H2;5,7-8H,3-4H2,1-2H3;1,3-4H,2H2;/p-2. The first-order chi connectivity index (χ1) is 14.9. The van der Waals surface area contributed by atoms with Gasteiger partial charge in [-0.05, 0) is 90.1 Å².